The lowest BCUT2D eigenvalue weighted by Gasteiger charge is -2.35. The van der Waals surface area contributed by atoms with Gasteiger partial charge in [-0.3, -0.25) is 0 Å². The number of fused-ring (bicyclic) bond motifs is 1. The van der Waals surface area contributed by atoms with Crippen LogP contribution < -0.4 is 0 Å². The minimum atomic E-state index is -0.999. The molecule has 3 unspecified atom stereocenters. The van der Waals surface area contributed by atoms with Crippen molar-refractivity contribution in [1.82, 2.24) is 0 Å². The zero-order valence-electron chi connectivity index (χ0n) is 12.0. The number of hydrogen-bond acceptors (Lipinski definition) is 0. The van der Waals surface area contributed by atoms with E-state index in [1.807, 2.05) is 20.8 Å². The van der Waals surface area contributed by atoms with Gasteiger partial charge in [-0.1, -0.05) is 46.5 Å². The van der Waals surface area contributed by atoms with Crippen molar-refractivity contribution in [3.8, 4) is 0 Å². The Morgan fingerprint density at radius 3 is 2.50 bits per heavy atom. The highest BCUT2D eigenvalue weighted by Gasteiger charge is 2.34. The van der Waals surface area contributed by atoms with Gasteiger partial charge in [-0.05, 0) is 42.4 Å². The van der Waals surface area contributed by atoms with Crippen molar-refractivity contribution < 1.29 is 2.74 Å². The van der Waals surface area contributed by atoms with Crippen molar-refractivity contribution in [3.63, 3.8) is 0 Å². The van der Waals surface area contributed by atoms with Gasteiger partial charge in [0.25, 0.3) is 0 Å². The zero-order chi connectivity index (χ0) is 12.0. The monoisotopic (exact) mass is 196 g/mol. The average Bonchev–Trinajstić information content (AvgIpc) is 2.61. The third kappa shape index (κ3) is 2.52. The van der Waals surface area contributed by atoms with Crippen LogP contribution >= 0.6 is 0 Å². The Morgan fingerprint density at radius 1 is 1.07 bits per heavy atom. The van der Waals surface area contributed by atoms with E-state index in [1.54, 1.807) is 0 Å². The third-order valence-corrected chi connectivity index (χ3v) is 3.93. The summed E-state index contributed by atoms with van der Waals surface area (Å²) in [6.07, 6.45) is 6.71. The Balaban J connectivity index is 2.06. The normalized spacial score (nSPS) is 41.5. The third-order valence-electron chi connectivity index (χ3n) is 3.93. The molecular formula is C14H26. The summed E-state index contributed by atoms with van der Waals surface area (Å²) >= 11 is 0. The van der Waals surface area contributed by atoms with Crippen LogP contribution in [0, 0.1) is 23.2 Å². The van der Waals surface area contributed by atoms with Gasteiger partial charge in [0.1, 0.15) is 0 Å². The first kappa shape index (κ1) is 8.19. The fourth-order valence-electron chi connectivity index (χ4n) is 3.45. The second-order valence-electron chi connectivity index (χ2n) is 6.36. The Labute approximate surface area is 92.3 Å². The molecule has 0 nitrogen and oxygen atoms in total. The Bertz CT molecular complexity index is 252. The molecule has 0 heteroatoms. The first-order valence-corrected chi connectivity index (χ1v) is 6.32. The summed E-state index contributed by atoms with van der Waals surface area (Å²) in [5.74, 6) is 2.08. The summed E-state index contributed by atoms with van der Waals surface area (Å²) in [6, 6.07) is 0. The molecule has 0 N–H and O–H groups in total. The molecule has 0 aliphatic heterocycles. The molecule has 2 aliphatic carbocycles. The standard InChI is InChI=1S/C14H26/c1-14(2,3)10-11-7-8-12-5-4-6-13(12)9-11/h11-13H,4-10H2,1-3H3/i10D2. The summed E-state index contributed by atoms with van der Waals surface area (Å²) in [7, 11) is 0. The van der Waals surface area contributed by atoms with Gasteiger partial charge in [0, 0.05) is 2.74 Å². The van der Waals surface area contributed by atoms with Crippen molar-refractivity contribution >= 4 is 0 Å². The van der Waals surface area contributed by atoms with Gasteiger partial charge >= 0.3 is 0 Å². The van der Waals surface area contributed by atoms with Gasteiger partial charge in [0.05, 0.1) is 0 Å². The van der Waals surface area contributed by atoms with E-state index in [-0.39, 0.29) is 5.41 Å². The van der Waals surface area contributed by atoms with Gasteiger partial charge in [0.15, 0.2) is 0 Å². The van der Waals surface area contributed by atoms with E-state index < -0.39 is 6.37 Å². The predicted molar refractivity (Wildman–Crippen MR) is 62.2 cm³/mol. The Morgan fingerprint density at radius 2 is 1.79 bits per heavy atom. The van der Waals surface area contributed by atoms with E-state index in [0.29, 0.717) is 5.92 Å². The summed E-state index contributed by atoms with van der Waals surface area (Å²) in [6.45, 7) is 6.15. The van der Waals surface area contributed by atoms with E-state index in [9.17, 15) is 0 Å². The summed E-state index contributed by atoms with van der Waals surface area (Å²) < 4.78 is 16.8. The number of hydrogen-bond donors (Lipinski definition) is 0. The highest BCUT2D eigenvalue weighted by Crippen LogP contribution is 2.46. The van der Waals surface area contributed by atoms with Crippen LogP contribution in [0.5, 0.6) is 0 Å². The molecule has 2 saturated carbocycles. The Kier molecular flexibility index (Phi) is 2.26. The van der Waals surface area contributed by atoms with Crippen LogP contribution in [0.1, 0.15) is 68.4 Å². The summed E-state index contributed by atoms with van der Waals surface area (Å²) in [4.78, 5) is 0. The van der Waals surface area contributed by atoms with Crippen LogP contribution in [0.4, 0.5) is 0 Å². The molecule has 2 aliphatic rings. The van der Waals surface area contributed by atoms with E-state index >= 15 is 0 Å². The first-order chi connectivity index (χ1) is 7.32. The Hall–Kier alpha value is 0. The van der Waals surface area contributed by atoms with Gasteiger partial charge in [-0.25, -0.2) is 0 Å². The molecule has 0 aromatic heterocycles. The lowest BCUT2D eigenvalue weighted by atomic mass is 9.71. The molecule has 2 fully saturated rings. The van der Waals surface area contributed by atoms with Gasteiger partial charge in [-0.2, -0.15) is 0 Å². The maximum absolute atomic E-state index is 8.39. The topological polar surface area (TPSA) is 0 Å². The van der Waals surface area contributed by atoms with Crippen molar-refractivity contribution in [2.45, 2.75) is 65.7 Å². The highest BCUT2D eigenvalue weighted by atomic mass is 14.4. The van der Waals surface area contributed by atoms with Crippen LogP contribution in [0.3, 0.4) is 0 Å². The van der Waals surface area contributed by atoms with E-state index in [1.165, 1.54) is 25.7 Å². The fourth-order valence-corrected chi connectivity index (χ4v) is 3.45. The van der Waals surface area contributed by atoms with E-state index in [2.05, 4.69) is 0 Å². The highest BCUT2D eigenvalue weighted by molar-refractivity contribution is 4.86. The van der Waals surface area contributed by atoms with Gasteiger partial charge in [-0.15, -0.1) is 0 Å². The molecule has 0 heterocycles. The summed E-state index contributed by atoms with van der Waals surface area (Å²) in [5, 5.41) is 0. The van der Waals surface area contributed by atoms with Crippen LogP contribution in [-0.2, 0) is 0 Å². The van der Waals surface area contributed by atoms with Crippen LogP contribution in [0.2, 0.25) is 0 Å². The fraction of sp³-hybridized carbons (Fsp3) is 1.00. The molecule has 0 saturated heterocycles. The summed E-state index contributed by atoms with van der Waals surface area (Å²) in [5.41, 5.74) is -0.219. The van der Waals surface area contributed by atoms with Crippen molar-refractivity contribution in [3.05, 3.63) is 0 Å². The maximum atomic E-state index is 8.39. The van der Waals surface area contributed by atoms with Gasteiger partial charge < -0.3 is 0 Å². The second-order valence-corrected chi connectivity index (χ2v) is 6.36. The lowest BCUT2D eigenvalue weighted by molar-refractivity contribution is 0.162. The molecule has 0 spiro atoms. The molecule has 0 aromatic carbocycles. The average molecular weight is 196 g/mol. The van der Waals surface area contributed by atoms with Crippen LogP contribution in [0.15, 0.2) is 0 Å². The molecule has 0 bridgehead atoms. The van der Waals surface area contributed by atoms with Crippen LogP contribution in [-0.4, -0.2) is 0 Å². The van der Waals surface area contributed by atoms with Crippen molar-refractivity contribution in [1.29, 1.82) is 0 Å². The molecule has 14 heavy (non-hydrogen) atoms. The number of rotatable bonds is 1. The van der Waals surface area contributed by atoms with Crippen LogP contribution in [0.25, 0.3) is 0 Å². The molecule has 0 radical (unpaired) electrons. The second kappa shape index (κ2) is 3.87. The SMILES string of the molecule is [2H]C([2H])(C1CCC2CCCC2C1)C(C)(C)C. The van der Waals surface area contributed by atoms with Crippen molar-refractivity contribution in [2.75, 3.05) is 0 Å². The molecule has 0 amide bonds. The van der Waals surface area contributed by atoms with E-state index in [0.717, 1.165) is 24.7 Å². The molecular weight excluding hydrogens is 168 g/mol. The first-order valence-electron chi connectivity index (χ1n) is 7.32. The molecule has 2 rings (SSSR count). The quantitative estimate of drug-likeness (QED) is 0.573. The molecule has 82 valence electrons. The molecule has 3 atom stereocenters. The predicted octanol–water partition coefficient (Wildman–Crippen LogP) is 4.64. The molecule has 0 aromatic rings. The zero-order valence-corrected chi connectivity index (χ0v) is 9.97. The van der Waals surface area contributed by atoms with E-state index in [4.69, 9.17) is 2.74 Å². The lowest BCUT2D eigenvalue weighted by Crippen LogP contribution is -2.24. The smallest absolute Gasteiger partial charge is 0.0275 e. The maximum Gasteiger partial charge on any atom is 0.0275 e. The largest absolute Gasteiger partial charge is 0.0602 e. The minimum Gasteiger partial charge on any atom is -0.0602 e. The minimum absolute atomic E-state index is 0.219. The van der Waals surface area contributed by atoms with Crippen molar-refractivity contribution in [2.24, 2.45) is 23.2 Å². The van der Waals surface area contributed by atoms with Gasteiger partial charge in [0.2, 0.25) is 0 Å².